The van der Waals surface area contributed by atoms with Crippen molar-refractivity contribution >= 4 is 17.9 Å². The maximum absolute atomic E-state index is 12.5. The molecule has 1 N–H and O–H groups in total. The maximum atomic E-state index is 12.5. The van der Waals surface area contributed by atoms with Crippen LogP contribution in [0.3, 0.4) is 0 Å². The van der Waals surface area contributed by atoms with Crippen LogP contribution < -0.4 is 0 Å². The van der Waals surface area contributed by atoms with Crippen molar-refractivity contribution in [3.63, 3.8) is 0 Å². The summed E-state index contributed by atoms with van der Waals surface area (Å²) >= 11 is 0. The number of carbonyl (C=O) groups excluding carboxylic acids is 3. The van der Waals surface area contributed by atoms with Gasteiger partial charge in [-0.3, -0.25) is 9.59 Å². The lowest BCUT2D eigenvalue weighted by atomic mass is 9.82. The molecular weight excluding hydrogens is 416 g/mol. The molecule has 0 amide bonds. The highest BCUT2D eigenvalue weighted by Crippen LogP contribution is 2.46. The Kier molecular flexibility index (Phi) is 6.86. The van der Waals surface area contributed by atoms with E-state index in [1.165, 1.54) is 20.8 Å². The number of carbonyl (C=O) groups is 3. The Hall–Kier alpha value is -2.19. The van der Waals surface area contributed by atoms with Crippen LogP contribution in [0.15, 0.2) is 22.8 Å². The highest BCUT2D eigenvalue weighted by molar-refractivity contribution is 5.92. The average molecular weight is 451 g/mol. The summed E-state index contributed by atoms with van der Waals surface area (Å²) in [6.07, 6.45) is 2.64. The van der Waals surface area contributed by atoms with Crippen molar-refractivity contribution < 1.29 is 38.4 Å². The minimum absolute atomic E-state index is 0.0192. The van der Waals surface area contributed by atoms with Crippen molar-refractivity contribution in [1.29, 1.82) is 0 Å². The van der Waals surface area contributed by atoms with E-state index in [2.05, 4.69) is 6.92 Å². The third-order valence-corrected chi connectivity index (χ3v) is 6.75. The van der Waals surface area contributed by atoms with Crippen LogP contribution in [0.1, 0.15) is 73.6 Å². The van der Waals surface area contributed by atoms with Gasteiger partial charge >= 0.3 is 17.9 Å². The number of fused-ring (bicyclic) bond motifs is 3. The molecule has 0 aromatic rings. The summed E-state index contributed by atoms with van der Waals surface area (Å²) in [5, 5.41) is 11.5. The molecule has 8 nitrogen and oxygen atoms in total. The van der Waals surface area contributed by atoms with Gasteiger partial charge in [0.2, 0.25) is 5.79 Å². The van der Waals surface area contributed by atoms with E-state index in [1.807, 2.05) is 19.9 Å². The van der Waals surface area contributed by atoms with Crippen LogP contribution in [-0.2, 0) is 33.3 Å². The molecule has 178 valence electrons. The molecule has 0 aromatic heterocycles. The number of esters is 3. The van der Waals surface area contributed by atoms with Crippen molar-refractivity contribution in [2.24, 2.45) is 5.92 Å². The van der Waals surface area contributed by atoms with Crippen molar-refractivity contribution in [2.45, 2.75) is 103 Å². The summed E-state index contributed by atoms with van der Waals surface area (Å²) in [6.45, 7) is 9.81. The predicted molar refractivity (Wildman–Crippen MR) is 114 cm³/mol. The number of rotatable bonds is 2. The van der Waals surface area contributed by atoms with Crippen LogP contribution in [0, 0.1) is 5.92 Å². The topological polar surface area (TPSA) is 108 Å². The normalized spacial score (nSPS) is 39.6. The van der Waals surface area contributed by atoms with Crippen LogP contribution in [0.5, 0.6) is 0 Å². The Morgan fingerprint density at radius 1 is 1.16 bits per heavy atom. The minimum atomic E-state index is -2.02. The van der Waals surface area contributed by atoms with Gasteiger partial charge in [-0.05, 0) is 52.4 Å². The zero-order chi connectivity index (χ0) is 23.8. The predicted octanol–water partition coefficient (Wildman–Crippen LogP) is 3.12. The highest BCUT2D eigenvalue weighted by Gasteiger charge is 2.57. The van der Waals surface area contributed by atoms with Crippen LogP contribution in [0.25, 0.3) is 0 Å². The van der Waals surface area contributed by atoms with Crippen LogP contribution in [0.4, 0.5) is 0 Å². The van der Waals surface area contributed by atoms with E-state index in [1.54, 1.807) is 0 Å². The first-order valence-corrected chi connectivity index (χ1v) is 11.2. The van der Waals surface area contributed by atoms with Gasteiger partial charge in [0.25, 0.3) is 0 Å². The molecule has 0 radical (unpaired) electrons. The molecule has 3 heterocycles. The van der Waals surface area contributed by atoms with Crippen molar-refractivity contribution in [1.82, 2.24) is 0 Å². The molecule has 0 aromatic carbocycles. The fourth-order valence-corrected chi connectivity index (χ4v) is 5.12. The second kappa shape index (κ2) is 8.98. The van der Waals surface area contributed by atoms with E-state index in [9.17, 15) is 19.5 Å². The lowest BCUT2D eigenvalue weighted by Gasteiger charge is -2.40. The zero-order valence-corrected chi connectivity index (χ0v) is 19.7. The second-order valence-electron chi connectivity index (χ2n) is 9.56. The van der Waals surface area contributed by atoms with Crippen LogP contribution in [-0.4, -0.2) is 52.7 Å². The summed E-state index contributed by atoms with van der Waals surface area (Å²) in [5.41, 5.74) is 0.0744. The van der Waals surface area contributed by atoms with Crippen LogP contribution in [0.2, 0.25) is 0 Å². The first kappa shape index (κ1) is 24.5. The molecule has 2 unspecified atom stereocenters. The zero-order valence-electron chi connectivity index (χ0n) is 19.7. The van der Waals surface area contributed by atoms with Gasteiger partial charge in [-0.25, -0.2) is 4.79 Å². The molecule has 32 heavy (non-hydrogen) atoms. The molecule has 3 aliphatic heterocycles. The molecular formula is C24H34O8. The second-order valence-corrected chi connectivity index (χ2v) is 9.56. The van der Waals surface area contributed by atoms with E-state index in [0.717, 1.165) is 24.8 Å². The van der Waals surface area contributed by atoms with Gasteiger partial charge in [0, 0.05) is 25.8 Å². The monoisotopic (exact) mass is 450 g/mol. The molecule has 2 bridgehead atoms. The SMILES string of the molecule is CC(=O)O[C@@H]1C2=C(C)C(=O)OC2(O)C/C(C)=C/CC[C@@H](C)[C@@H]2CCC(C)(O2)[C@H]1OC(C)=O. The van der Waals surface area contributed by atoms with Gasteiger partial charge in [0.15, 0.2) is 12.2 Å². The lowest BCUT2D eigenvalue weighted by molar-refractivity contribution is -0.205. The number of ether oxygens (including phenoxy) is 4. The molecule has 8 heteroatoms. The highest BCUT2D eigenvalue weighted by atomic mass is 16.7. The van der Waals surface area contributed by atoms with Gasteiger partial charge < -0.3 is 24.1 Å². The van der Waals surface area contributed by atoms with Gasteiger partial charge in [-0.15, -0.1) is 0 Å². The van der Waals surface area contributed by atoms with Gasteiger partial charge in [-0.1, -0.05) is 18.6 Å². The summed E-state index contributed by atoms with van der Waals surface area (Å²) < 4.78 is 23.2. The first-order chi connectivity index (χ1) is 14.9. The molecule has 1 saturated heterocycles. The van der Waals surface area contributed by atoms with E-state index in [4.69, 9.17) is 18.9 Å². The molecule has 1 fully saturated rings. The standard InChI is InChI=1S/C24H34O8/c1-13-8-7-9-14(2)18-10-11-23(6,31-18)21(30-17(5)26)20(29-16(4)25)19-15(3)22(27)32-24(19,28)12-13/h8,14,18,20-21,28H,7,9-12H2,1-6H3/b13-8+/t14-,18+,20-,21+,23?,24?/m1/s1. The van der Waals surface area contributed by atoms with Gasteiger partial charge in [-0.2, -0.15) is 0 Å². The summed E-state index contributed by atoms with van der Waals surface area (Å²) in [7, 11) is 0. The Morgan fingerprint density at radius 3 is 2.44 bits per heavy atom. The van der Waals surface area contributed by atoms with E-state index in [-0.39, 0.29) is 29.6 Å². The average Bonchev–Trinajstić information content (AvgIpc) is 3.16. The van der Waals surface area contributed by atoms with Crippen molar-refractivity contribution in [3.8, 4) is 0 Å². The van der Waals surface area contributed by atoms with Crippen molar-refractivity contribution in [3.05, 3.63) is 22.8 Å². The smallest absolute Gasteiger partial charge is 0.336 e. The Labute approximate surface area is 188 Å². The quantitative estimate of drug-likeness (QED) is 0.388. The maximum Gasteiger partial charge on any atom is 0.336 e. The molecule has 3 aliphatic rings. The summed E-state index contributed by atoms with van der Waals surface area (Å²) in [5.74, 6) is -3.69. The van der Waals surface area contributed by atoms with Gasteiger partial charge in [0.1, 0.15) is 5.60 Å². The molecule has 0 aliphatic carbocycles. The molecule has 6 atom stereocenters. The molecule has 0 saturated carbocycles. The first-order valence-electron chi connectivity index (χ1n) is 11.2. The van der Waals surface area contributed by atoms with Crippen molar-refractivity contribution in [2.75, 3.05) is 0 Å². The van der Waals surface area contributed by atoms with E-state index in [0.29, 0.717) is 6.42 Å². The fraction of sp³-hybridized carbons (Fsp3) is 0.708. The molecule has 3 rings (SSSR count). The Bertz CT molecular complexity index is 858. The van der Waals surface area contributed by atoms with E-state index >= 15 is 0 Å². The van der Waals surface area contributed by atoms with Crippen LogP contribution >= 0.6 is 0 Å². The number of allylic oxidation sites excluding steroid dienone is 1. The Balaban J connectivity index is 2.20. The molecule has 0 spiro atoms. The number of hydrogen-bond donors (Lipinski definition) is 1. The van der Waals surface area contributed by atoms with E-state index < -0.39 is 41.5 Å². The largest absolute Gasteiger partial charge is 0.455 e. The summed E-state index contributed by atoms with van der Waals surface area (Å²) in [4.78, 5) is 36.8. The fourth-order valence-electron chi connectivity index (χ4n) is 5.12. The number of aliphatic hydroxyl groups is 1. The lowest BCUT2D eigenvalue weighted by Crippen LogP contribution is -2.54. The number of hydrogen-bond acceptors (Lipinski definition) is 8. The summed E-state index contributed by atoms with van der Waals surface area (Å²) in [6, 6.07) is 0. The third kappa shape index (κ3) is 4.76. The third-order valence-electron chi connectivity index (χ3n) is 6.75. The Morgan fingerprint density at radius 2 is 1.81 bits per heavy atom. The van der Waals surface area contributed by atoms with Gasteiger partial charge in [0.05, 0.1) is 11.7 Å². The minimum Gasteiger partial charge on any atom is -0.455 e.